The van der Waals surface area contributed by atoms with Gasteiger partial charge in [0, 0.05) is 19.4 Å². The van der Waals surface area contributed by atoms with E-state index in [0.29, 0.717) is 0 Å². The third kappa shape index (κ3) is 1.62. The second kappa shape index (κ2) is 3.99. The fraction of sp³-hybridized carbons (Fsp3) is 0.0714. The highest BCUT2D eigenvalue weighted by atomic mass is 79.9. The summed E-state index contributed by atoms with van der Waals surface area (Å²) in [4.78, 5) is 4.56. The van der Waals surface area contributed by atoms with Crippen molar-refractivity contribution in [3.63, 3.8) is 0 Å². The molecule has 92 valence electrons. The van der Waals surface area contributed by atoms with Crippen molar-refractivity contribution < 1.29 is 9.25 Å². The molecule has 0 atom stereocenters. The van der Waals surface area contributed by atoms with Gasteiger partial charge in [-0.3, -0.25) is 0 Å². The first-order valence-electron chi connectivity index (χ1n) is 6.05. The fourth-order valence-electron chi connectivity index (χ4n) is 2.46. The molecule has 0 bridgehead atoms. The first kappa shape index (κ1) is 10.9. The molecule has 4 nitrogen and oxygen atoms in total. The molecule has 0 fully saturated rings. The minimum absolute atomic E-state index is 0.828. The van der Waals surface area contributed by atoms with E-state index in [-0.39, 0.29) is 0 Å². The Hall–Kier alpha value is -2.01. The quantitative estimate of drug-likeness (QED) is 0.491. The molecule has 19 heavy (non-hydrogen) atoms. The van der Waals surface area contributed by atoms with Crippen LogP contribution < -0.4 is 9.25 Å². The molecule has 0 N–H and O–H groups in total. The summed E-state index contributed by atoms with van der Waals surface area (Å²) >= 11 is 3.47. The van der Waals surface area contributed by atoms with Gasteiger partial charge in [0.15, 0.2) is 11.9 Å². The standard InChI is InChI=1S/C14H11BrN4/c15-12-4-2-11(3-5-12)13-14-17(9-6-16-13)10-18-7-1-8-19(14)18/h1-9H,10H2/q+2. The molecule has 1 aliphatic heterocycles. The van der Waals surface area contributed by atoms with Gasteiger partial charge in [0.2, 0.25) is 6.20 Å². The molecule has 0 aliphatic carbocycles. The molecule has 0 saturated heterocycles. The summed E-state index contributed by atoms with van der Waals surface area (Å²) in [5, 5.41) is 0. The average Bonchev–Trinajstić information content (AvgIpc) is 2.99. The zero-order chi connectivity index (χ0) is 12.8. The maximum absolute atomic E-state index is 4.56. The van der Waals surface area contributed by atoms with Gasteiger partial charge in [0.25, 0.3) is 0 Å². The summed E-state index contributed by atoms with van der Waals surface area (Å²) in [6, 6.07) is 10.3. The molecule has 3 aromatic rings. The zero-order valence-corrected chi connectivity index (χ0v) is 11.7. The highest BCUT2D eigenvalue weighted by Crippen LogP contribution is 2.23. The summed E-state index contributed by atoms with van der Waals surface area (Å²) in [5.41, 5.74) is 2.12. The van der Waals surface area contributed by atoms with E-state index in [4.69, 9.17) is 0 Å². The number of hydrogen-bond donors (Lipinski definition) is 0. The van der Waals surface area contributed by atoms with Gasteiger partial charge in [0.1, 0.15) is 6.20 Å². The van der Waals surface area contributed by atoms with E-state index < -0.39 is 0 Å². The third-order valence-corrected chi connectivity index (χ3v) is 3.86. The van der Waals surface area contributed by atoms with Crippen molar-refractivity contribution in [2.45, 2.75) is 6.67 Å². The summed E-state index contributed by atoms with van der Waals surface area (Å²) in [7, 11) is 0. The second-order valence-corrected chi connectivity index (χ2v) is 5.41. The molecule has 0 spiro atoms. The molecule has 5 heteroatoms. The summed E-state index contributed by atoms with van der Waals surface area (Å²) in [5.74, 6) is 1.11. The number of fused-ring (bicyclic) bond motifs is 3. The first-order chi connectivity index (χ1) is 9.33. The van der Waals surface area contributed by atoms with Crippen LogP contribution in [0.15, 0.2) is 59.6 Å². The lowest BCUT2D eigenvalue weighted by Gasteiger charge is -2.00. The molecule has 1 aliphatic rings. The molecule has 3 heterocycles. The van der Waals surface area contributed by atoms with Crippen molar-refractivity contribution in [2.75, 3.05) is 0 Å². The van der Waals surface area contributed by atoms with E-state index >= 15 is 0 Å². The predicted octanol–water partition coefficient (Wildman–Crippen LogP) is 1.70. The van der Waals surface area contributed by atoms with Crippen LogP contribution in [0.2, 0.25) is 0 Å². The minimum atomic E-state index is 0.828. The zero-order valence-electron chi connectivity index (χ0n) is 10.1. The maximum Gasteiger partial charge on any atom is 0.374 e. The van der Waals surface area contributed by atoms with Crippen molar-refractivity contribution in [1.29, 1.82) is 0 Å². The van der Waals surface area contributed by atoms with Crippen LogP contribution in [-0.2, 0) is 6.67 Å². The number of benzene rings is 1. The summed E-state index contributed by atoms with van der Waals surface area (Å²) in [6.07, 6.45) is 7.99. The number of hydrogen-bond acceptors (Lipinski definition) is 1. The molecule has 4 rings (SSSR count). The second-order valence-electron chi connectivity index (χ2n) is 4.49. The number of halogens is 1. The van der Waals surface area contributed by atoms with Gasteiger partial charge in [-0.25, -0.2) is 4.98 Å². The summed E-state index contributed by atoms with van der Waals surface area (Å²) in [6.45, 7) is 0.828. The van der Waals surface area contributed by atoms with Crippen molar-refractivity contribution >= 4 is 15.9 Å². The lowest BCUT2D eigenvalue weighted by Crippen LogP contribution is -2.45. The van der Waals surface area contributed by atoms with Crippen LogP contribution >= 0.6 is 15.9 Å². The topological polar surface area (TPSA) is 25.6 Å². The van der Waals surface area contributed by atoms with E-state index in [1.165, 1.54) is 0 Å². The molecular weight excluding hydrogens is 304 g/mol. The molecular formula is C14H11BrN4+2. The van der Waals surface area contributed by atoms with Crippen molar-refractivity contribution in [1.82, 2.24) is 9.67 Å². The van der Waals surface area contributed by atoms with Gasteiger partial charge in [0.05, 0.1) is 12.3 Å². The molecule has 0 saturated carbocycles. The SMILES string of the molecule is Brc1ccc(-c2ncc[n+]3c2-n2ccc[n+]2C3)cc1. The smallest absolute Gasteiger partial charge is 0.244 e. The highest BCUT2D eigenvalue weighted by Gasteiger charge is 2.36. The lowest BCUT2D eigenvalue weighted by atomic mass is 10.1. The van der Waals surface area contributed by atoms with Crippen molar-refractivity contribution in [3.05, 3.63) is 59.6 Å². The lowest BCUT2D eigenvalue weighted by molar-refractivity contribution is -0.902. The Balaban J connectivity index is 1.97. The highest BCUT2D eigenvalue weighted by molar-refractivity contribution is 9.10. The van der Waals surface area contributed by atoms with Crippen molar-refractivity contribution in [3.8, 4) is 17.1 Å². The van der Waals surface area contributed by atoms with Crippen LogP contribution in [0, 0.1) is 0 Å². The van der Waals surface area contributed by atoms with E-state index in [9.17, 15) is 0 Å². The van der Waals surface area contributed by atoms with Gasteiger partial charge in [-0.15, -0.1) is 0 Å². The minimum Gasteiger partial charge on any atom is -0.244 e. The number of aromatic nitrogens is 4. The monoisotopic (exact) mass is 314 g/mol. The van der Waals surface area contributed by atoms with Crippen LogP contribution in [0.4, 0.5) is 0 Å². The Morgan fingerprint density at radius 1 is 1.16 bits per heavy atom. The Morgan fingerprint density at radius 3 is 2.84 bits per heavy atom. The van der Waals surface area contributed by atoms with E-state index in [1.807, 2.05) is 30.6 Å². The third-order valence-electron chi connectivity index (χ3n) is 3.33. The average molecular weight is 315 g/mol. The predicted molar refractivity (Wildman–Crippen MR) is 72.5 cm³/mol. The Labute approximate surface area is 118 Å². The Bertz CT molecular complexity index is 761. The van der Waals surface area contributed by atoms with Gasteiger partial charge in [-0.2, -0.15) is 4.57 Å². The largest absolute Gasteiger partial charge is 0.374 e. The molecule has 2 aromatic heterocycles. The first-order valence-corrected chi connectivity index (χ1v) is 6.84. The van der Waals surface area contributed by atoms with E-state index in [1.54, 1.807) is 0 Å². The molecule has 0 unspecified atom stereocenters. The van der Waals surface area contributed by atoms with Crippen LogP contribution in [-0.4, -0.2) is 9.67 Å². The van der Waals surface area contributed by atoms with Crippen LogP contribution in [0.1, 0.15) is 0 Å². The fourth-order valence-corrected chi connectivity index (χ4v) is 2.72. The van der Waals surface area contributed by atoms with E-state index in [0.717, 1.165) is 28.2 Å². The number of nitrogens with zero attached hydrogens (tertiary/aromatic N) is 4. The van der Waals surface area contributed by atoms with Gasteiger partial charge in [-0.05, 0) is 12.1 Å². The molecule has 0 radical (unpaired) electrons. The van der Waals surface area contributed by atoms with Crippen molar-refractivity contribution in [2.24, 2.45) is 0 Å². The van der Waals surface area contributed by atoms with Crippen LogP contribution in [0.25, 0.3) is 17.1 Å². The van der Waals surface area contributed by atoms with Gasteiger partial charge in [-0.1, -0.05) is 28.1 Å². The normalized spacial score (nSPS) is 12.3. The number of rotatable bonds is 1. The Kier molecular flexibility index (Phi) is 2.29. The van der Waals surface area contributed by atoms with Gasteiger partial charge >= 0.3 is 12.5 Å². The van der Waals surface area contributed by atoms with Gasteiger partial charge < -0.3 is 0 Å². The van der Waals surface area contributed by atoms with Crippen LogP contribution in [0.5, 0.6) is 0 Å². The van der Waals surface area contributed by atoms with Crippen LogP contribution in [0.3, 0.4) is 0 Å². The maximum atomic E-state index is 4.56. The summed E-state index contributed by atoms with van der Waals surface area (Å²) < 4.78 is 7.56. The molecule has 0 amide bonds. The molecule has 1 aromatic carbocycles. The van der Waals surface area contributed by atoms with E-state index in [2.05, 4.69) is 59.4 Å². The Morgan fingerprint density at radius 2 is 2.00 bits per heavy atom.